The summed E-state index contributed by atoms with van der Waals surface area (Å²) in [5.41, 5.74) is 0.208. The zero-order valence-corrected chi connectivity index (χ0v) is 11.8. The number of rotatable bonds is 7. The van der Waals surface area contributed by atoms with E-state index in [1.165, 1.54) is 36.2 Å². The normalized spacial score (nSPS) is 10.3. The van der Waals surface area contributed by atoms with Crippen LogP contribution in [0.4, 0.5) is 8.78 Å². The SMILES string of the molecule is CCOC(=O)CCN(C)C(=O)c1cccc(OC(F)F)c1. The zero-order chi connectivity index (χ0) is 15.8. The molecule has 21 heavy (non-hydrogen) atoms. The van der Waals surface area contributed by atoms with E-state index in [4.69, 9.17) is 4.74 Å². The molecule has 0 saturated heterocycles. The summed E-state index contributed by atoms with van der Waals surface area (Å²) in [6.45, 7) is -0.792. The Kier molecular flexibility index (Phi) is 6.58. The van der Waals surface area contributed by atoms with Crippen LogP contribution in [0.3, 0.4) is 0 Å². The molecule has 0 spiro atoms. The van der Waals surface area contributed by atoms with Crippen LogP contribution in [0.15, 0.2) is 24.3 Å². The predicted octanol–water partition coefficient (Wildman–Crippen LogP) is 2.31. The second-order valence-electron chi connectivity index (χ2n) is 4.19. The molecule has 1 aromatic carbocycles. The number of halogens is 2. The van der Waals surface area contributed by atoms with Crippen LogP contribution in [0, 0.1) is 0 Å². The van der Waals surface area contributed by atoms with Crippen molar-refractivity contribution in [2.75, 3.05) is 20.2 Å². The molecule has 0 aliphatic heterocycles. The topological polar surface area (TPSA) is 55.8 Å². The van der Waals surface area contributed by atoms with Crippen molar-refractivity contribution in [1.82, 2.24) is 4.90 Å². The summed E-state index contributed by atoms with van der Waals surface area (Å²) in [7, 11) is 1.52. The van der Waals surface area contributed by atoms with Crippen molar-refractivity contribution in [1.29, 1.82) is 0 Å². The summed E-state index contributed by atoms with van der Waals surface area (Å²) >= 11 is 0. The number of benzene rings is 1. The number of nitrogens with zero attached hydrogens (tertiary/aromatic N) is 1. The summed E-state index contributed by atoms with van der Waals surface area (Å²) in [5, 5.41) is 0. The maximum Gasteiger partial charge on any atom is 0.387 e. The molecular formula is C14H17F2NO4. The Morgan fingerprint density at radius 1 is 1.33 bits per heavy atom. The predicted molar refractivity (Wildman–Crippen MR) is 71.3 cm³/mol. The minimum absolute atomic E-state index is 0.0727. The molecule has 116 valence electrons. The van der Waals surface area contributed by atoms with Crippen LogP contribution in [-0.2, 0) is 9.53 Å². The Bertz CT molecular complexity index is 494. The second kappa shape index (κ2) is 8.18. The van der Waals surface area contributed by atoms with Crippen molar-refractivity contribution in [3.8, 4) is 5.75 Å². The molecule has 0 aromatic heterocycles. The molecule has 0 atom stereocenters. The quantitative estimate of drug-likeness (QED) is 0.725. The molecule has 5 nitrogen and oxygen atoms in total. The van der Waals surface area contributed by atoms with E-state index in [0.29, 0.717) is 0 Å². The van der Waals surface area contributed by atoms with Crippen LogP contribution < -0.4 is 4.74 Å². The lowest BCUT2D eigenvalue weighted by Crippen LogP contribution is -2.29. The van der Waals surface area contributed by atoms with Gasteiger partial charge in [-0.15, -0.1) is 0 Å². The highest BCUT2D eigenvalue weighted by molar-refractivity contribution is 5.94. The van der Waals surface area contributed by atoms with E-state index in [1.807, 2.05) is 0 Å². The van der Waals surface area contributed by atoms with E-state index in [0.717, 1.165) is 0 Å². The molecule has 1 amide bonds. The Hall–Kier alpha value is -2.18. The fraction of sp³-hybridized carbons (Fsp3) is 0.429. The molecule has 0 fully saturated rings. The van der Waals surface area contributed by atoms with Gasteiger partial charge >= 0.3 is 12.6 Å². The van der Waals surface area contributed by atoms with E-state index in [-0.39, 0.29) is 36.8 Å². The molecule has 7 heteroatoms. The van der Waals surface area contributed by atoms with Crippen molar-refractivity contribution in [2.45, 2.75) is 20.0 Å². The Labute approximate surface area is 121 Å². The minimum atomic E-state index is -2.95. The highest BCUT2D eigenvalue weighted by atomic mass is 19.3. The van der Waals surface area contributed by atoms with Gasteiger partial charge in [-0.25, -0.2) is 0 Å². The Morgan fingerprint density at radius 3 is 2.67 bits per heavy atom. The van der Waals surface area contributed by atoms with Gasteiger partial charge in [0.25, 0.3) is 5.91 Å². The number of carbonyl (C=O) groups excluding carboxylic acids is 2. The summed E-state index contributed by atoms with van der Waals surface area (Å²) in [4.78, 5) is 24.6. The molecule has 0 aliphatic rings. The van der Waals surface area contributed by atoms with E-state index in [2.05, 4.69) is 4.74 Å². The van der Waals surface area contributed by atoms with E-state index < -0.39 is 12.6 Å². The average Bonchev–Trinajstić information content (AvgIpc) is 2.44. The van der Waals surface area contributed by atoms with Gasteiger partial charge < -0.3 is 14.4 Å². The van der Waals surface area contributed by atoms with Crippen LogP contribution in [-0.4, -0.2) is 43.6 Å². The van der Waals surface area contributed by atoms with Gasteiger partial charge in [0, 0.05) is 19.2 Å². The van der Waals surface area contributed by atoms with Crippen molar-refractivity contribution in [2.24, 2.45) is 0 Å². The minimum Gasteiger partial charge on any atom is -0.466 e. The van der Waals surface area contributed by atoms with Gasteiger partial charge in [0.05, 0.1) is 13.0 Å². The lowest BCUT2D eigenvalue weighted by atomic mass is 10.2. The smallest absolute Gasteiger partial charge is 0.387 e. The molecule has 0 saturated carbocycles. The number of hydrogen-bond donors (Lipinski definition) is 0. The van der Waals surface area contributed by atoms with Crippen molar-refractivity contribution >= 4 is 11.9 Å². The summed E-state index contributed by atoms with van der Waals surface area (Å²) < 4.78 is 33.2. The summed E-state index contributed by atoms with van der Waals surface area (Å²) in [6.07, 6.45) is 0.0727. The first-order valence-corrected chi connectivity index (χ1v) is 6.40. The largest absolute Gasteiger partial charge is 0.466 e. The third-order valence-electron chi connectivity index (χ3n) is 2.61. The monoisotopic (exact) mass is 301 g/mol. The van der Waals surface area contributed by atoms with Crippen LogP contribution >= 0.6 is 0 Å². The number of carbonyl (C=O) groups is 2. The van der Waals surface area contributed by atoms with Crippen LogP contribution in [0.5, 0.6) is 5.75 Å². The van der Waals surface area contributed by atoms with Gasteiger partial charge in [0.2, 0.25) is 0 Å². The van der Waals surface area contributed by atoms with Crippen LogP contribution in [0.2, 0.25) is 0 Å². The molecule has 0 aliphatic carbocycles. The first-order chi connectivity index (χ1) is 9.93. The molecule has 0 unspecified atom stereocenters. The molecule has 1 rings (SSSR count). The van der Waals surface area contributed by atoms with Crippen molar-refractivity contribution < 1.29 is 27.8 Å². The molecule has 0 N–H and O–H groups in total. The van der Waals surface area contributed by atoms with E-state index in [9.17, 15) is 18.4 Å². The Morgan fingerprint density at radius 2 is 2.05 bits per heavy atom. The van der Waals surface area contributed by atoms with Gasteiger partial charge in [0.15, 0.2) is 0 Å². The maximum atomic E-state index is 12.1. The van der Waals surface area contributed by atoms with Crippen LogP contribution in [0.25, 0.3) is 0 Å². The van der Waals surface area contributed by atoms with Gasteiger partial charge in [0.1, 0.15) is 5.75 Å². The first-order valence-electron chi connectivity index (χ1n) is 6.40. The molecule has 0 bridgehead atoms. The lowest BCUT2D eigenvalue weighted by molar-refractivity contribution is -0.143. The lowest BCUT2D eigenvalue weighted by Gasteiger charge is -2.17. The number of esters is 1. The molecule has 1 aromatic rings. The third kappa shape index (κ3) is 5.76. The number of ether oxygens (including phenoxy) is 2. The molecule has 0 heterocycles. The highest BCUT2D eigenvalue weighted by Gasteiger charge is 2.15. The zero-order valence-electron chi connectivity index (χ0n) is 11.8. The van der Waals surface area contributed by atoms with Gasteiger partial charge in [-0.3, -0.25) is 9.59 Å². The highest BCUT2D eigenvalue weighted by Crippen LogP contribution is 2.17. The van der Waals surface area contributed by atoms with E-state index in [1.54, 1.807) is 6.92 Å². The third-order valence-corrected chi connectivity index (χ3v) is 2.61. The Balaban J connectivity index is 2.63. The maximum absolute atomic E-state index is 12.1. The van der Waals surface area contributed by atoms with Gasteiger partial charge in [-0.1, -0.05) is 6.07 Å². The fourth-order valence-electron chi connectivity index (χ4n) is 1.62. The number of hydrogen-bond acceptors (Lipinski definition) is 4. The van der Waals surface area contributed by atoms with Gasteiger partial charge in [-0.05, 0) is 25.1 Å². The van der Waals surface area contributed by atoms with Crippen LogP contribution in [0.1, 0.15) is 23.7 Å². The van der Waals surface area contributed by atoms with Crippen molar-refractivity contribution in [3.05, 3.63) is 29.8 Å². The van der Waals surface area contributed by atoms with Crippen molar-refractivity contribution in [3.63, 3.8) is 0 Å². The van der Waals surface area contributed by atoms with Gasteiger partial charge in [-0.2, -0.15) is 8.78 Å². The summed E-state index contributed by atoms with van der Waals surface area (Å²) in [6, 6.07) is 5.50. The molecule has 0 radical (unpaired) electrons. The standard InChI is InChI=1S/C14H17F2NO4/c1-3-20-12(18)7-8-17(2)13(19)10-5-4-6-11(9-10)21-14(15)16/h4-6,9,14H,3,7-8H2,1-2H3. The molecular weight excluding hydrogens is 284 g/mol. The first kappa shape index (κ1) is 16.9. The average molecular weight is 301 g/mol. The van der Waals surface area contributed by atoms with E-state index >= 15 is 0 Å². The summed E-state index contributed by atoms with van der Waals surface area (Å²) in [5.74, 6) is -0.874. The fourth-order valence-corrected chi connectivity index (χ4v) is 1.62. The number of amides is 1. The second-order valence-corrected chi connectivity index (χ2v) is 4.19. The number of alkyl halides is 2.